The lowest BCUT2D eigenvalue weighted by molar-refractivity contribution is 0.351. The zero-order valence-electron chi connectivity index (χ0n) is 10.6. The highest BCUT2D eigenvalue weighted by molar-refractivity contribution is 9.10. The summed E-state index contributed by atoms with van der Waals surface area (Å²) in [6.45, 7) is 5.68. The minimum Gasteiger partial charge on any atom is -0.372 e. The SMILES string of the molecule is CN(CCC(C)(C)CN)c1cc(Br)ccc1F. The van der Waals surface area contributed by atoms with Gasteiger partial charge in [-0.05, 0) is 36.6 Å². The highest BCUT2D eigenvalue weighted by atomic mass is 79.9. The topological polar surface area (TPSA) is 29.3 Å². The molecule has 0 aliphatic carbocycles. The molecule has 4 heteroatoms. The number of rotatable bonds is 5. The van der Waals surface area contributed by atoms with Crippen LogP contribution in [0.3, 0.4) is 0 Å². The number of nitrogens with zero attached hydrogens (tertiary/aromatic N) is 1. The van der Waals surface area contributed by atoms with Crippen LogP contribution >= 0.6 is 15.9 Å². The zero-order valence-corrected chi connectivity index (χ0v) is 12.2. The lowest BCUT2D eigenvalue weighted by atomic mass is 9.89. The monoisotopic (exact) mass is 302 g/mol. The Bertz CT molecular complexity index is 380. The predicted molar refractivity (Wildman–Crippen MR) is 74.8 cm³/mol. The van der Waals surface area contributed by atoms with Crippen LogP contribution in [-0.2, 0) is 0 Å². The van der Waals surface area contributed by atoms with Crippen LogP contribution in [0, 0.1) is 11.2 Å². The Morgan fingerprint density at radius 2 is 2.06 bits per heavy atom. The summed E-state index contributed by atoms with van der Waals surface area (Å²) in [6.07, 6.45) is 0.936. The Kier molecular flexibility index (Phi) is 4.95. The molecule has 1 aromatic carbocycles. The Labute approximate surface area is 111 Å². The second-order valence-electron chi connectivity index (χ2n) is 5.14. The van der Waals surface area contributed by atoms with E-state index in [-0.39, 0.29) is 11.2 Å². The summed E-state index contributed by atoms with van der Waals surface area (Å²) < 4.78 is 14.5. The number of halogens is 2. The third-order valence-electron chi connectivity index (χ3n) is 3.00. The molecule has 2 N–H and O–H groups in total. The van der Waals surface area contributed by atoms with Crippen molar-refractivity contribution in [1.82, 2.24) is 0 Å². The molecule has 0 aliphatic rings. The molecule has 0 atom stereocenters. The largest absolute Gasteiger partial charge is 0.372 e. The van der Waals surface area contributed by atoms with E-state index in [1.54, 1.807) is 12.1 Å². The van der Waals surface area contributed by atoms with E-state index in [1.807, 2.05) is 11.9 Å². The van der Waals surface area contributed by atoms with Gasteiger partial charge in [-0.15, -0.1) is 0 Å². The maximum Gasteiger partial charge on any atom is 0.146 e. The lowest BCUT2D eigenvalue weighted by Gasteiger charge is -2.27. The molecule has 1 rings (SSSR count). The predicted octanol–water partition coefficient (Wildman–Crippen LogP) is 3.40. The van der Waals surface area contributed by atoms with Crippen molar-refractivity contribution in [1.29, 1.82) is 0 Å². The standard InChI is InChI=1S/C13H20BrFN2/c1-13(2,9-16)6-7-17(3)12-8-10(14)4-5-11(12)15/h4-5,8H,6-7,9,16H2,1-3H3. The summed E-state index contributed by atoms with van der Waals surface area (Å²) in [6, 6.07) is 4.98. The summed E-state index contributed by atoms with van der Waals surface area (Å²) in [5, 5.41) is 0. The smallest absolute Gasteiger partial charge is 0.146 e. The first kappa shape index (κ1) is 14.5. The molecular formula is C13H20BrFN2. The molecule has 0 radical (unpaired) electrons. The molecule has 0 heterocycles. The Balaban J connectivity index is 2.70. The van der Waals surface area contributed by atoms with Crippen LogP contribution < -0.4 is 10.6 Å². The molecule has 0 saturated heterocycles. The van der Waals surface area contributed by atoms with Gasteiger partial charge in [-0.3, -0.25) is 0 Å². The van der Waals surface area contributed by atoms with Gasteiger partial charge in [0.2, 0.25) is 0 Å². The summed E-state index contributed by atoms with van der Waals surface area (Å²) in [5.41, 5.74) is 6.40. The molecule has 0 spiro atoms. The van der Waals surface area contributed by atoms with E-state index in [0.29, 0.717) is 12.2 Å². The maximum absolute atomic E-state index is 13.6. The molecule has 2 nitrogen and oxygen atoms in total. The van der Waals surface area contributed by atoms with Crippen molar-refractivity contribution in [2.24, 2.45) is 11.1 Å². The first-order valence-electron chi connectivity index (χ1n) is 5.72. The Morgan fingerprint density at radius 1 is 1.41 bits per heavy atom. The van der Waals surface area contributed by atoms with E-state index in [9.17, 15) is 4.39 Å². The van der Waals surface area contributed by atoms with Crippen molar-refractivity contribution in [2.75, 3.05) is 25.0 Å². The van der Waals surface area contributed by atoms with E-state index < -0.39 is 0 Å². The molecule has 0 fully saturated rings. The number of benzene rings is 1. The normalized spacial score (nSPS) is 11.6. The molecule has 0 bridgehead atoms. The molecule has 0 aliphatic heterocycles. The van der Waals surface area contributed by atoms with Crippen LogP contribution in [-0.4, -0.2) is 20.1 Å². The van der Waals surface area contributed by atoms with Crippen molar-refractivity contribution in [3.05, 3.63) is 28.5 Å². The number of nitrogens with two attached hydrogens (primary N) is 1. The first-order valence-corrected chi connectivity index (χ1v) is 6.51. The summed E-state index contributed by atoms with van der Waals surface area (Å²) in [5.74, 6) is -0.193. The van der Waals surface area contributed by atoms with Gasteiger partial charge in [0.15, 0.2) is 0 Å². The Hall–Kier alpha value is -0.610. The third kappa shape index (κ3) is 4.28. The van der Waals surface area contributed by atoms with E-state index in [0.717, 1.165) is 17.4 Å². The highest BCUT2D eigenvalue weighted by Crippen LogP contribution is 2.25. The molecule has 0 saturated carbocycles. The average Bonchev–Trinajstić information content (AvgIpc) is 2.29. The second kappa shape index (κ2) is 5.83. The van der Waals surface area contributed by atoms with Gasteiger partial charge in [0.1, 0.15) is 5.82 Å². The zero-order chi connectivity index (χ0) is 13.1. The highest BCUT2D eigenvalue weighted by Gasteiger charge is 2.17. The number of anilines is 1. The van der Waals surface area contributed by atoms with Crippen molar-refractivity contribution < 1.29 is 4.39 Å². The number of hydrogen-bond donors (Lipinski definition) is 1. The second-order valence-corrected chi connectivity index (χ2v) is 6.05. The van der Waals surface area contributed by atoms with Gasteiger partial charge < -0.3 is 10.6 Å². The molecule has 0 amide bonds. The summed E-state index contributed by atoms with van der Waals surface area (Å²) in [7, 11) is 1.90. The van der Waals surface area contributed by atoms with Crippen LogP contribution in [0.1, 0.15) is 20.3 Å². The van der Waals surface area contributed by atoms with E-state index in [4.69, 9.17) is 5.73 Å². The van der Waals surface area contributed by atoms with Gasteiger partial charge in [0.05, 0.1) is 5.69 Å². The minimum absolute atomic E-state index is 0.0940. The van der Waals surface area contributed by atoms with Gasteiger partial charge in [-0.1, -0.05) is 29.8 Å². The van der Waals surface area contributed by atoms with E-state index in [2.05, 4.69) is 29.8 Å². The van der Waals surface area contributed by atoms with Crippen LogP contribution in [0.5, 0.6) is 0 Å². The van der Waals surface area contributed by atoms with Crippen LogP contribution in [0.2, 0.25) is 0 Å². The lowest BCUT2D eigenvalue weighted by Crippen LogP contribution is -2.30. The molecular weight excluding hydrogens is 283 g/mol. The van der Waals surface area contributed by atoms with Gasteiger partial charge in [0.25, 0.3) is 0 Å². The van der Waals surface area contributed by atoms with Gasteiger partial charge in [0, 0.05) is 18.1 Å². The van der Waals surface area contributed by atoms with Crippen LogP contribution in [0.25, 0.3) is 0 Å². The molecule has 17 heavy (non-hydrogen) atoms. The fraction of sp³-hybridized carbons (Fsp3) is 0.538. The van der Waals surface area contributed by atoms with Crippen molar-refractivity contribution in [3.63, 3.8) is 0 Å². The van der Waals surface area contributed by atoms with Crippen molar-refractivity contribution in [3.8, 4) is 0 Å². The van der Waals surface area contributed by atoms with Gasteiger partial charge in [-0.2, -0.15) is 0 Å². The maximum atomic E-state index is 13.6. The van der Waals surface area contributed by atoms with Gasteiger partial charge in [-0.25, -0.2) is 4.39 Å². The first-order chi connectivity index (χ1) is 7.85. The minimum atomic E-state index is -0.193. The molecule has 1 aromatic rings. The fourth-order valence-electron chi connectivity index (χ4n) is 1.47. The summed E-state index contributed by atoms with van der Waals surface area (Å²) in [4.78, 5) is 1.93. The number of hydrogen-bond acceptors (Lipinski definition) is 2. The van der Waals surface area contributed by atoms with Crippen molar-refractivity contribution in [2.45, 2.75) is 20.3 Å². The quantitative estimate of drug-likeness (QED) is 0.903. The summed E-state index contributed by atoms with van der Waals surface area (Å²) >= 11 is 3.36. The van der Waals surface area contributed by atoms with Gasteiger partial charge >= 0.3 is 0 Å². The van der Waals surface area contributed by atoms with Crippen molar-refractivity contribution >= 4 is 21.6 Å². The fourth-order valence-corrected chi connectivity index (χ4v) is 1.82. The van der Waals surface area contributed by atoms with E-state index in [1.165, 1.54) is 6.07 Å². The molecule has 0 aromatic heterocycles. The average molecular weight is 303 g/mol. The van der Waals surface area contributed by atoms with Crippen LogP contribution in [0.15, 0.2) is 22.7 Å². The third-order valence-corrected chi connectivity index (χ3v) is 3.49. The van der Waals surface area contributed by atoms with Crippen LogP contribution in [0.4, 0.5) is 10.1 Å². The molecule has 96 valence electrons. The molecule has 0 unspecified atom stereocenters. The Morgan fingerprint density at radius 3 is 2.65 bits per heavy atom. The van der Waals surface area contributed by atoms with E-state index >= 15 is 0 Å².